The number of allylic oxidation sites excluding steroid dienone is 2. The first-order valence-electron chi connectivity index (χ1n) is 8.79. The van der Waals surface area contributed by atoms with E-state index in [0.717, 1.165) is 12.8 Å². The average molecular weight is 297 g/mol. The monoisotopic (exact) mass is 297 g/mol. The van der Waals surface area contributed by atoms with E-state index in [9.17, 15) is 4.79 Å². The van der Waals surface area contributed by atoms with Gasteiger partial charge in [-0.05, 0) is 39.0 Å². The first kappa shape index (κ1) is 20.2. The maximum Gasteiger partial charge on any atom is 0.221 e. The summed E-state index contributed by atoms with van der Waals surface area (Å²) in [6.45, 7) is 3.81. The third-order valence-electron chi connectivity index (χ3n) is 3.54. The van der Waals surface area contributed by atoms with Crippen molar-refractivity contribution in [2.24, 2.45) is 0 Å². The highest BCUT2D eigenvalue weighted by Crippen LogP contribution is 2.08. The number of carbonyl (C=O) groups excluding carboxylic acids is 1. The average Bonchev–Trinajstić information content (AvgIpc) is 2.43. The molecule has 1 amide bonds. The largest absolute Gasteiger partial charge is 0.374 e. The van der Waals surface area contributed by atoms with E-state index in [2.05, 4.69) is 24.4 Å². The lowest BCUT2D eigenvalue weighted by atomic mass is 10.1. The summed E-state index contributed by atoms with van der Waals surface area (Å²) in [6.07, 6.45) is 18.0. The van der Waals surface area contributed by atoms with E-state index in [0.29, 0.717) is 6.42 Å². The highest BCUT2D eigenvalue weighted by molar-refractivity contribution is 5.75. The van der Waals surface area contributed by atoms with Crippen molar-refractivity contribution in [1.29, 1.82) is 0 Å². The fourth-order valence-electron chi connectivity index (χ4n) is 2.31. The van der Waals surface area contributed by atoms with Crippen LogP contribution in [0.15, 0.2) is 12.2 Å². The second-order valence-corrected chi connectivity index (χ2v) is 5.87. The van der Waals surface area contributed by atoms with Gasteiger partial charge in [-0.15, -0.1) is 0 Å². The van der Waals surface area contributed by atoms with Crippen LogP contribution in [0.25, 0.3) is 0 Å². The van der Waals surface area contributed by atoms with Gasteiger partial charge < -0.3 is 10.4 Å². The lowest BCUT2D eigenvalue weighted by Crippen LogP contribution is -2.31. The summed E-state index contributed by atoms with van der Waals surface area (Å²) in [5.74, 6) is -0.0454. The zero-order chi connectivity index (χ0) is 15.8. The summed E-state index contributed by atoms with van der Waals surface area (Å²) in [5, 5.41) is 11.5. The first-order valence-corrected chi connectivity index (χ1v) is 8.79. The van der Waals surface area contributed by atoms with Gasteiger partial charge in [0, 0.05) is 6.42 Å². The van der Waals surface area contributed by atoms with Gasteiger partial charge in [0.1, 0.15) is 6.23 Å². The van der Waals surface area contributed by atoms with Crippen LogP contribution in [-0.2, 0) is 4.79 Å². The normalized spacial score (nSPS) is 12.7. The molecule has 0 aromatic rings. The smallest absolute Gasteiger partial charge is 0.221 e. The minimum absolute atomic E-state index is 0.0454. The summed E-state index contributed by atoms with van der Waals surface area (Å²) in [4.78, 5) is 11.3. The van der Waals surface area contributed by atoms with Crippen LogP contribution in [0.5, 0.6) is 0 Å². The molecular formula is C18H35NO2. The van der Waals surface area contributed by atoms with E-state index in [4.69, 9.17) is 5.11 Å². The lowest BCUT2D eigenvalue weighted by molar-refractivity contribution is -0.123. The Kier molecular flexibility index (Phi) is 14.9. The first-order chi connectivity index (χ1) is 10.2. The quantitative estimate of drug-likeness (QED) is 0.277. The van der Waals surface area contributed by atoms with E-state index in [-0.39, 0.29) is 5.91 Å². The van der Waals surface area contributed by atoms with E-state index in [1.165, 1.54) is 57.8 Å². The molecule has 0 aliphatic heterocycles. The van der Waals surface area contributed by atoms with Crippen molar-refractivity contribution < 1.29 is 9.90 Å². The Balaban J connectivity index is 3.18. The number of nitrogens with one attached hydrogen (secondary N) is 1. The Labute approximate surface area is 131 Å². The lowest BCUT2D eigenvalue weighted by Gasteiger charge is -2.06. The highest BCUT2D eigenvalue weighted by atomic mass is 16.3. The summed E-state index contributed by atoms with van der Waals surface area (Å²) >= 11 is 0. The Morgan fingerprint density at radius 1 is 0.952 bits per heavy atom. The van der Waals surface area contributed by atoms with Crippen molar-refractivity contribution in [2.45, 2.75) is 97.1 Å². The van der Waals surface area contributed by atoms with Gasteiger partial charge in [0.15, 0.2) is 0 Å². The third kappa shape index (κ3) is 17.1. The Morgan fingerprint density at radius 3 is 2.05 bits per heavy atom. The van der Waals surface area contributed by atoms with E-state index < -0.39 is 6.23 Å². The minimum Gasteiger partial charge on any atom is -0.374 e. The summed E-state index contributed by atoms with van der Waals surface area (Å²) in [6, 6.07) is 0. The summed E-state index contributed by atoms with van der Waals surface area (Å²) in [7, 11) is 0. The number of aliphatic hydroxyl groups excluding tert-OH is 1. The van der Waals surface area contributed by atoms with Gasteiger partial charge >= 0.3 is 0 Å². The van der Waals surface area contributed by atoms with Crippen molar-refractivity contribution >= 4 is 5.91 Å². The van der Waals surface area contributed by atoms with Crippen LogP contribution in [0.1, 0.15) is 90.9 Å². The number of carbonyl (C=O) groups is 1. The van der Waals surface area contributed by atoms with Crippen molar-refractivity contribution in [3.63, 3.8) is 0 Å². The van der Waals surface area contributed by atoms with Gasteiger partial charge in [-0.2, -0.15) is 0 Å². The van der Waals surface area contributed by atoms with Crippen LogP contribution in [0.4, 0.5) is 0 Å². The predicted octanol–water partition coefficient (Wildman–Crippen LogP) is 4.70. The molecule has 2 N–H and O–H groups in total. The van der Waals surface area contributed by atoms with E-state index in [1.54, 1.807) is 6.92 Å². The minimum atomic E-state index is -0.730. The Hall–Kier alpha value is -0.830. The zero-order valence-electron chi connectivity index (χ0n) is 14.1. The number of rotatable bonds is 14. The number of amides is 1. The molecule has 1 atom stereocenters. The van der Waals surface area contributed by atoms with Gasteiger partial charge in [0.2, 0.25) is 5.91 Å². The van der Waals surface area contributed by atoms with Gasteiger partial charge in [-0.25, -0.2) is 0 Å². The molecule has 0 fully saturated rings. The molecular weight excluding hydrogens is 262 g/mol. The molecule has 124 valence electrons. The number of aliphatic hydroxyl groups is 1. The zero-order valence-corrected chi connectivity index (χ0v) is 14.1. The van der Waals surface area contributed by atoms with Gasteiger partial charge in [0.25, 0.3) is 0 Å². The maximum atomic E-state index is 11.3. The standard InChI is InChI=1S/C18H35NO2/c1-3-4-5-6-7-8-9-10-11-12-13-14-15-16-18(21)19-17(2)20/h8-9,17,20H,3-7,10-16H2,1-2H3,(H,19,21). The topological polar surface area (TPSA) is 49.3 Å². The SMILES string of the molecule is CCCCCCC=CCCCCCCCC(=O)NC(C)O. The molecule has 0 bridgehead atoms. The van der Waals surface area contributed by atoms with Crippen LogP contribution in [0, 0.1) is 0 Å². The molecule has 0 heterocycles. The van der Waals surface area contributed by atoms with Crippen LogP contribution in [0.3, 0.4) is 0 Å². The molecule has 0 aliphatic carbocycles. The molecule has 0 aromatic heterocycles. The van der Waals surface area contributed by atoms with E-state index >= 15 is 0 Å². The molecule has 3 heteroatoms. The van der Waals surface area contributed by atoms with E-state index in [1.807, 2.05) is 0 Å². The fraction of sp³-hybridized carbons (Fsp3) is 0.833. The molecule has 3 nitrogen and oxygen atoms in total. The van der Waals surface area contributed by atoms with Gasteiger partial charge in [-0.1, -0.05) is 57.6 Å². The fourth-order valence-corrected chi connectivity index (χ4v) is 2.31. The Bertz CT molecular complexity index is 262. The molecule has 21 heavy (non-hydrogen) atoms. The van der Waals surface area contributed by atoms with Crippen molar-refractivity contribution in [3.8, 4) is 0 Å². The molecule has 0 spiro atoms. The van der Waals surface area contributed by atoms with Crippen LogP contribution < -0.4 is 5.32 Å². The third-order valence-corrected chi connectivity index (χ3v) is 3.54. The molecule has 0 aliphatic rings. The van der Waals surface area contributed by atoms with Crippen molar-refractivity contribution in [1.82, 2.24) is 5.32 Å². The molecule has 0 aromatic carbocycles. The second-order valence-electron chi connectivity index (χ2n) is 5.87. The Morgan fingerprint density at radius 2 is 1.48 bits per heavy atom. The van der Waals surface area contributed by atoms with Gasteiger partial charge in [-0.3, -0.25) is 4.79 Å². The number of unbranched alkanes of at least 4 members (excludes halogenated alkanes) is 9. The van der Waals surface area contributed by atoms with Crippen molar-refractivity contribution in [3.05, 3.63) is 12.2 Å². The maximum absolute atomic E-state index is 11.3. The van der Waals surface area contributed by atoms with Crippen LogP contribution >= 0.6 is 0 Å². The van der Waals surface area contributed by atoms with Crippen molar-refractivity contribution in [2.75, 3.05) is 0 Å². The number of hydrogen-bond acceptors (Lipinski definition) is 2. The molecule has 0 rings (SSSR count). The molecule has 0 saturated heterocycles. The molecule has 0 saturated carbocycles. The second kappa shape index (κ2) is 15.6. The molecule has 1 unspecified atom stereocenters. The number of hydrogen-bond donors (Lipinski definition) is 2. The summed E-state index contributed by atoms with van der Waals surface area (Å²) in [5.41, 5.74) is 0. The predicted molar refractivity (Wildman–Crippen MR) is 90.0 cm³/mol. The van der Waals surface area contributed by atoms with Gasteiger partial charge in [0.05, 0.1) is 0 Å². The van der Waals surface area contributed by atoms with Crippen LogP contribution in [-0.4, -0.2) is 17.2 Å². The molecule has 0 radical (unpaired) electrons. The summed E-state index contributed by atoms with van der Waals surface area (Å²) < 4.78 is 0. The van der Waals surface area contributed by atoms with Crippen LogP contribution in [0.2, 0.25) is 0 Å². The highest BCUT2D eigenvalue weighted by Gasteiger charge is 2.02.